The lowest BCUT2D eigenvalue weighted by Crippen LogP contribution is -2.32. The van der Waals surface area contributed by atoms with Gasteiger partial charge in [-0.3, -0.25) is 14.5 Å². The molecule has 1 aliphatic rings. The highest BCUT2D eigenvalue weighted by Crippen LogP contribution is 2.36. The number of rotatable bonds is 9. The minimum Gasteiger partial charge on any atom is -0.325 e. The number of thioether (sulfide) groups is 1. The van der Waals surface area contributed by atoms with Crippen molar-refractivity contribution >= 4 is 45.7 Å². The van der Waals surface area contributed by atoms with Gasteiger partial charge in [-0.15, -0.1) is 10.2 Å². The maximum atomic E-state index is 12.2. The Morgan fingerprint density at radius 2 is 1.96 bits per heavy atom. The van der Waals surface area contributed by atoms with E-state index >= 15 is 0 Å². The van der Waals surface area contributed by atoms with Gasteiger partial charge in [0.15, 0.2) is 4.34 Å². The Labute approximate surface area is 174 Å². The topological polar surface area (TPSA) is 75.2 Å². The molecular weight excluding hydrogens is 392 g/mol. The Bertz CT molecular complexity index is 818. The third-order valence-corrected chi connectivity index (χ3v) is 6.84. The van der Waals surface area contributed by atoms with Gasteiger partial charge in [0, 0.05) is 18.2 Å². The Morgan fingerprint density at radius 3 is 2.57 bits per heavy atom. The highest BCUT2D eigenvalue weighted by atomic mass is 32.2. The normalized spacial score (nSPS) is 14.5. The molecule has 0 spiro atoms. The first kappa shape index (κ1) is 20.8. The van der Waals surface area contributed by atoms with E-state index in [2.05, 4.69) is 41.5 Å². The summed E-state index contributed by atoms with van der Waals surface area (Å²) in [5, 5.41) is 11.9. The van der Waals surface area contributed by atoms with E-state index in [1.165, 1.54) is 28.7 Å². The van der Waals surface area contributed by atoms with E-state index in [0.717, 1.165) is 24.9 Å². The van der Waals surface area contributed by atoms with Gasteiger partial charge in [-0.25, -0.2) is 0 Å². The van der Waals surface area contributed by atoms with Gasteiger partial charge in [0.05, 0.1) is 5.75 Å². The summed E-state index contributed by atoms with van der Waals surface area (Å²) in [5.41, 5.74) is 2.07. The van der Waals surface area contributed by atoms with E-state index in [1.807, 2.05) is 19.1 Å². The van der Waals surface area contributed by atoms with Crippen molar-refractivity contribution in [3.8, 4) is 0 Å². The summed E-state index contributed by atoms with van der Waals surface area (Å²) < 4.78 is 0.701. The number of carbonyl (C=O) groups excluding carboxylic acids is 2. The zero-order valence-electron chi connectivity index (χ0n) is 16.5. The predicted octanol–water partition coefficient (Wildman–Crippen LogP) is 4.69. The van der Waals surface area contributed by atoms with Gasteiger partial charge in [-0.1, -0.05) is 56.0 Å². The number of benzene rings is 1. The summed E-state index contributed by atoms with van der Waals surface area (Å²) in [6, 6.07) is 8.27. The van der Waals surface area contributed by atoms with Crippen molar-refractivity contribution in [2.45, 2.75) is 62.8 Å². The van der Waals surface area contributed by atoms with Crippen LogP contribution in [-0.2, 0) is 9.59 Å². The molecular formula is C20H26N4O2S2. The van der Waals surface area contributed by atoms with Gasteiger partial charge in [0.2, 0.25) is 16.9 Å². The van der Waals surface area contributed by atoms with Crippen molar-refractivity contribution < 1.29 is 9.59 Å². The number of nitrogens with zero attached hydrogens (tertiary/aromatic N) is 3. The molecule has 6 nitrogen and oxygen atoms in total. The maximum absolute atomic E-state index is 12.2. The lowest BCUT2D eigenvalue weighted by atomic mass is 9.99. The van der Waals surface area contributed by atoms with Gasteiger partial charge >= 0.3 is 0 Å². The zero-order chi connectivity index (χ0) is 20.1. The van der Waals surface area contributed by atoms with Crippen LogP contribution in [0.5, 0.6) is 0 Å². The number of nitrogens with one attached hydrogen (secondary N) is 1. The van der Waals surface area contributed by atoms with Crippen LogP contribution < -0.4 is 10.2 Å². The molecule has 1 heterocycles. The summed E-state index contributed by atoms with van der Waals surface area (Å²) in [4.78, 5) is 26.2. The van der Waals surface area contributed by atoms with Crippen molar-refractivity contribution in [3.63, 3.8) is 0 Å². The van der Waals surface area contributed by atoms with Crippen LogP contribution in [0.1, 0.15) is 57.9 Å². The first-order valence-corrected chi connectivity index (χ1v) is 11.5. The van der Waals surface area contributed by atoms with Crippen LogP contribution in [0.4, 0.5) is 10.8 Å². The summed E-state index contributed by atoms with van der Waals surface area (Å²) in [6.45, 7) is 6.21. The van der Waals surface area contributed by atoms with Crippen LogP contribution in [0.15, 0.2) is 28.6 Å². The van der Waals surface area contributed by atoms with Crippen molar-refractivity contribution in [2.24, 2.45) is 0 Å². The van der Waals surface area contributed by atoms with Crippen LogP contribution in [0, 0.1) is 0 Å². The van der Waals surface area contributed by atoms with Crippen LogP contribution in [0.25, 0.3) is 0 Å². The summed E-state index contributed by atoms with van der Waals surface area (Å²) in [6.07, 6.45) is 3.59. The second kappa shape index (κ2) is 9.52. The molecule has 1 N–H and O–H groups in total. The second-order valence-corrected chi connectivity index (χ2v) is 9.15. The zero-order valence-corrected chi connectivity index (χ0v) is 18.1. The van der Waals surface area contributed by atoms with Crippen LogP contribution in [0.2, 0.25) is 0 Å². The molecule has 2 aromatic rings. The minimum absolute atomic E-state index is 0.0776. The smallest absolute Gasteiger partial charge is 0.234 e. The molecule has 28 heavy (non-hydrogen) atoms. The number of carbonyl (C=O) groups is 2. The molecule has 8 heteroatoms. The lowest BCUT2D eigenvalue weighted by molar-refractivity contribution is -0.118. The molecule has 0 radical (unpaired) electrons. The average Bonchev–Trinajstić information content (AvgIpc) is 3.43. The van der Waals surface area contributed by atoms with E-state index in [0.29, 0.717) is 21.8 Å². The fourth-order valence-electron chi connectivity index (χ4n) is 2.78. The average molecular weight is 419 g/mol. The van der Waals surface area contributed by atoms with Gasteiger partial charge in [0.1, 0.15) is 0 Å². The number of amides is 2. The fourth-order valence-corrected chi connectivity index (χ4v) is 4.51. The second-order valence-electron chi connectivity index (χ2n) is 6.97. The van der Waals surface area contributed by atoms with Crippen LogP contribution >= 0.6 is 23.1 Å². The molecule has 0 saturated heterocycles. The molecule has 150 valence electrons. The molecule has 3 rings (SSSR count). The number of anilines is 2. The van der Waals surface area contributed by atoms with E-state index < -0.39 is 0 Å². The van der Waals surface area contributed by atoms with E-state index in [-0.39, 0.29) is 23.6 Å². The highest BCUT2D eigenvalue weighted by molar-refractivity contribution is 8.01. The molecule has 1 saturated carbocycles. The quantitative estimate of drug-likeness (QED) is 0.472. The van der Waals surface area contributed by atoms with E-state index in [9.17, 15) is 9.59 Å². The monoisotopic (exact) mass is 418 g/mol. The summed E-state index contributed by atoms with van der Waals surface area (Å²) in [5.74, 6) is 0.768. The molecule has 1 aromatic carbocycles. The lowest BCUT2D eigenvalue weighted by Gasteiger charge is -2.17. The largest absolute Gasteiger partial charge is 0.325 e. The van der Waals surface area contributed by atoms with Crippen molar-refractivity contribution in [1.29, 1.82) is 0 Å². The van der Waals surface area contributed by atoms with E-state index in [4.69, 9.17) is 0 Å². The molecule has 1 aromatic heterocycles. The first-order chi connectivity index (χ1) is 13.5. The number of aromatic nitrogens is 2. The SMILES string of the molecule is CCC(=O)N(c1nnc(SCC(=O)Nc2ccc([C@H](C)CC)cc2)s1)C1CC1. The summed E-state index contributed by atoms with van der Waals surface area (Å²) >= 11 is 2.72. The van der Waals surface area contributed by atoms with E-state index in [1.54, 1.807) is 4.90 Å². The van der Waals surface area contributed by atoms with Gasteiger partial charge in [0.25, 0.3) is 0 Å². The van der Waals surface area contributed by atoms with Crippen LogP contribution in [0.3, 0.4) is 0 Å². The third-order valence-electron chi connectivity index (χ3n) is 4.79. The molecule has 1 fully saturated rings. The van der Waals surface area contributed by atoms with Crippen molar-refractivity contribution in [3.05, 3.63) is 29.8 Å². The Kier molecular flexibility index (Phi) is 7.07. The highest BCUT2D eigenvalue weighted by Gasteiger charge is 2.35. The first-order valence-electron chi connectivity index (χ1n) is 9.70. The van der Waals surface area contributed by atoms with Crippen LogP contribution in [-0.4, -0.2) is 33.8 Å². The van der Waals surface area contributed by atoms with Crippen molar-refractivity contribution in [2.75, 3.05) is 16.0 Å². The fraction of sp³-hybridized carbons (Fsp3) is 0.500. The third kappa shape index (κ3) is 5.32. The van der Waals surface area contributed by atoms with Crippen molar-refractivity contribution in [1.82, 2.24) is 10.2 Å². The van der Waals surface area contributed by atoms with Gasteiger partial charge < -0.3 is 5.32 Å². The number of hydrogen-bond donors (Lipinski definition) is 1. The Morgan fingerprint density at radius 1 is 1.25 bits per heavy atom. The maximum Gasteiger partial charge on any atom is 0.234 e. The molecule has 1 atom stereocenters. The molecule has 0 unspecified atom stereocenters. The Hall–Kier alpha value is -1.93. The van der Waals surface area contributed by atoms with Gasteiger partial charge in [-0.05, 0) is 42.9 Å². The summed E-state index contributed by atoms with van der Waals surface area (Å²) in [7, 11) is 0. The molecule has 0 aliphatic heterocycles. The van der Waals surface area contributed by atoms with Gasteiger partial charge in [-0.2, -0.15) is 0 Å². The minimum atomic E-state index is -0.0817. The molecule has 2 amide bonds. The molecule has 1 aliphatic carbocycles. The predicted molar refractivity (Wildman–Crippen MR) is 115 cm³/mol. The number of hydrogen-bond acceptors (Lipinski definition) is 6. The standard InChI is InChI=1S/C20H26N4O2S2/c1-4-13(3)14-6-8-15(9-7-14)21-17(25)12-27-20-23-22-19(28-20)24(16-10-11-16)18(26)5-2/h6-9,13,16H,4-5,10-12H2,1-3H3,(H,21,25)/t13-/m1/s1. The molecule has 0 bridgehead atoms. The Balaban J connectivity index is 1.52.